The monoisotopic (exact) mass is 689 g/mol. The van der Waals surface area contributed by atoms with Crippen LogP contribution in [0.2, 0.25) is 0 Å². The van der Waals surface area contributed by atoms with Gasteiger partial charge in [0, 0.05) is 45.6 Å². The molecule has 7 aromatic carbocycles. The van der Waals surface area contributed by atoms with Crippen molar-refractivity contribution in [2.24, 2.45) is 0 Å². The second-order valence-electron chi connectivity index (χ2n) is 13.2. The molecule has 0 unspecified atom stereocenters. The van der Waals surface area contributed by atoms with Crippen molar-refractivity contribution in [3.05, 3.63) is 192 Å². The fourth-order valence-corrected chi connectivity index (χ4v) is 13.4. The Labute approximate surface area is 304 Å². The first-order chi connectivity index (χ1) is 25.3. The van der Waals surface area contributed by atoms with Gasteiger partial charge in [-0.2, -0.15) is 0 Å². The summed E-state index contributed by atoms with van der Waals surface area (Å²) < 4.78 is 3.83. The SMILES string of the molecule is C1=Cc2sc3c(-c4cccc(S(c5ccccc5)(c5ccccc5)c5cccc(-n6c7ccccc7c7ccccc76)c5)c4)cccc3c2CC1. The summed E-state index contributed by atoms with van der Waals surface area (Å²) in [5.41, 5.74) is 7.70. The normalized spacial score (nSPS) is 13.2. The number of hydrogen-bond donors (Lipinski definition) is 0. The van der Waals surface area contributed by atoms with Crippen molar-refractivity contribution in [3.8, 4) is 16.8 Å². The quantitative estimate of drug-likeness (QED) is 0.164. The van der Waals surface area contributed by atoms with E-state index in [1.807, 2.05) is 11.3 Å². The maximum absolute atomic E-state index is 2.49. The largest absolute Gasteiger partial charge is 0.309 e. The lowest BCUT2D eigenvalue weighted by atomic mass is 9.98. The number of rotatable bonds is 6. The first-order valence-electron chi connectivity index (χ1n) is 17.6. The molecule has 10 rings (SSSR count). The van der Waals surface area contributed by atoms with Gasteiger partial charge in [0.15, 0.2) is 0 Å². The van der Waals surface area contributed by atoms with E-state index in [0.29, 0.717) is 0 Å². The van der Waals surface area contributed by atoms with Crippen LogP contribution in [0.15, 0.2) is 202 Å². The maximum Gasteiger partial charge on any atom is 0.0541 e. The van der Waals surface area contributed by atoms with Crippen molar-refractivity contribution in [2.75, 3.05) is 0 Å². The fraction of sp³-hybridized carbons (Fsp3) is 0.0417. The number of thiophene rings is 1. The van der Waals surface area contributed by atoms with Gasteiger partial charge in [0.2, 0.25) is 0 Å². The molecule has 0 amide bonds. The molecule has 0 bridgehead atoms. The van der Waals surface area contributed by atoms with E-state index in [2.05, 4.69) is 193 Å². The van der Waals surface area contributed by atoms with Crippen molar-refractivity contribution in [2.45, 2.75) is 32.4 Å². The minimum Gasteiger partial charge on any atom is -0.309 e. The van der Waals surface area contributed by atoms with Crippen molar-refractivity contribution < 1.29 is 0 Å². The molecule has 0 saturated carbocycles. The zero-order valence-corrected chi connectivity index (χ0v) is 29.7. The second kappa shape index (κ2) is 12.3. The number of fused-ring (bicyclic) bond motifs is 6. The van der Waals surface area contributed by atoms with E-state index >= 15 is 0 Å². The zero-order chi connectivity index (χ0) is 33.8. The van der Waals surface area contributed by atoms with Crippen LogP contribution in [-0.2, 0) is 6.42 Å². The summed E-state index contributed by atoms with van der Waals surface area (Å²) in [5, 5.41) is 3.96. The van der Waals surface area contributed by atoms with Gasteiger partial charge in [0.1, 0.15) is 0 Å². The molecule has 1 nitrogen and oxygen atoms in total. The number of aromatic nitrogens is 1. The van der Waals surface area contributed by atoms with Crippen molar-refractivity contribution in [3.63, 3.8) is 0 Å². The third kappa shape index (κ3) is 4.76. The third-order valence-electron chi connectivity index (χ3n) is 10.4. The lowest BCUT2D eigenvalue weighted by Gasteiger charge is -2.42. The number of hydrogen-bond acceptors (Lipinski definition) is 1. The highest BCUT2D eigenvalue weighted by Crippen LogP contribution is 2.73. The van der Waals surface area contributed by atoms with Gasteiger partial charge in [-0.15, -0.1) is 21.4 Å². The molecule has 244 valence electrons. The van der Waals surface area contributed by atoms with Crippen LogP contribution in [0.5, 0.6) is 0 Å². The van der Waals surface area contributed by atoms with Gasteiger partial charge in [-0.25, -0.2) is 0 Å². The summed E-state index contributed by atoms with van der Waals surface area (Å²) in [6.07, 6.45) is 6.88. The van der Waals surface area contributed by atoms with Gasteiger partial charge in [-0.1, -0.05) is 115 Å². The van der Waals surface area contributed by atoms with Gasteiger partial charge >= 0.3 is 0 Å². The molecule has 0 radical (unpaired) electrons. The van der Waals surface area contributed by atoms with Crippen LogP contribution in [0.1, 0.15) is 16.9 Å². The molecular weight excluding hydrogens is 655 g/mol. The number of allylic oxidation sites excluding steroid dienone is 1. The van der Waals surface area contributed by atoms with Crippen LogP contribution < -0.4 is 0 Å². The summed E-state index contributed by atoms with van der Waals surface area (Å²) in [6.45, 7) is 0. The lowest BCUT2D eigenvalue weighted by molar-refractivity contribution is 1.01. The molecule has 2 aromatic heterocycles. The maximum atomic E-state index is 2.49. The van der Waals surface area contributed by atoms with Crippen LogP contribution >= 0.6 is 21.4 Å². The van der Waals surface area contributed by atoms with Crippen LogP contribution in [0.3, 0.4) is 0 Å². The van der Waals surface area contributed by atoms with E-state index in [1.54, 1.807) is 0 Å². The molecule has 0 aliphatic heterocycles. The molecule has 51 heavy (non-hydrogen) atoms. The molecule has 2 heterocycles. The average Bonchev–Trinajstić information content (AvgIpc) is 3.76. The van der Waals surface area contributed by atoms with Gasteiger partial charge in [-0.3, -0.25) is 0 Å². The Morgan fingerprint density at radius 3 is 1.76 bits per heavy atom. The van der Waals surface area contributed by atoms with Gasteiger partial charge in [0.05, 0.1) is 11.0 Å². The van der Waals surface area contributed by atoms with Crippen molar-refractivity contribution >= 4 is 59.3 Å². The molecule has 3 heteroatoms. The average molecular weight is 690 g/mol. The summed E-state index contributed by atoms with van der Waals surface area (Å²) in [4.78, 5) is 6.70. The molecule has 9 aromatic rings. The smallest absolute Gasteiger partial charge is 0.0541 e. The summed E-state index contributed by atoms with van der Waals surface area (Å²) >= 11 is 1.94. The predicted molar refractivity (Wildman–Crippen MR) is 219 cm³/mol. The molecular formula is C48H35NS2. The molecule has 1 aliphatic carbocycles. The lowest BCUT2D eigenvalue weighted by Crippen LogP contribution is -2.06. The number of benzene rings is 7. The highest BCUT2D eigenvalue weighted by Gasteiger charge is 2.34. The Bertz CT molecular complexity index is 2660. The van der Waals surface area contributed by atoms with Crippen molar-refractivity contribution in [1.82, 2.24) is 4.57 Å². The Morgan fingerprint density at radius 2 is 1.06 bits per heavy atom. The van der Waals surface area contributed by atoms with Crippen LogP contribution in [0.25, 0.3) is 54.8 Å². The Kier molecular flexibility index (Phi) is 7.30. The van der Waals surface area contributed by atoms with Gasteiger partial charge < -0.3 is 4.57 Å². The van der Waals surface area contributed by atoms with E-state index in [4.69, 9.17) is 0 Å². The Morgan fingerprint density at radius 1 is 0.490 bits per heavy atom. The van der Waals surface area contributed by atoms with E-state index < -0.39 is 10.0 Å². The van der Waals surface area contributed by atoms with Crippen LogP contribution in [-0.4, -0.2) is 4.57 Å². The van der Waals surface area contributed by atoms with Gasteiger partial charge in [0.25, 0.3) is 0 Å². The fourth-order valence-electron chi connectivity index (χ4n) is 8.16. The highest BCUT2D eigenvalue weighted by atomic mass is 32.3. The molecule has 0 N–H and O–H groups in total. The first-order valence-corrected chi connectivity index (χ1v) is 20.1. The summed E-state index contributed by atoms with van der Waals surface area (Å²) in [6, 6.07) is 65.7. The van der Waals surface area contributed by atoms with Crippen molar-refractivity contribution in [1.29, 1.82) is 0 Å². The number of nitrogens with zero attached hydrogens (tertiary/aromatic N) is 1. The summed E-state index contributed by atoms with van der Waals surface area (Å²) in [5.74, 6) is 0. The Balaban J connectivity index is 1.25. The number of para-hydroxylation sites is 2. The highest BCUT2D eigenvalue weighted by molar-refractivity contribution is 8.34. The predicted octanol–water partition coefficient (Wildman–Crippen LogP) is 14.0. The van der Waals surface area contributed by atoms with Crippen LogP contribution in [0.4, 0.5) is 0 Å². The van der Waals surface area contributed by atoms with Crippen LogP contribution in [0, 0.1) is 0 Å². The topological polar surface area (TPSA) is 4.93 Å². The molecule has 0 saturated heterocycles. The minimum absolute atomic E-state index is 1.12. The van der Waals surface area contributed by atoms with Gasteiger partial charge in [-0.05, 0) is 108 Å². The van der Waals surface area contributed by atoms with E-state index in [0.717, 1.165) is 12.8 Å². The third-order valence-corrected chi connectivity index (χ3v) is 15.5. The second-order valence-corrected chi connectivity index (χ2v) is 17.4. The molecule has 1 aliphatic rings. The molecule has 0 spiro atoms. The molecule has 0 fully saturated rings. The zero-order valence-electron chi connectivity index (χ0n) is 28.1. The summed E-state index contributed by atoms with van der Waals surface area (Å²) in [7, 11) is -1.94. The minimum atomic E-state index is -1.94. The van der Waals surface area contributed by atoms with E-state index in [9.17, 15) is 0 Å². The molecule has 0 atom stereocenters. The van der Waals surface area contributed by atoms with E-state index in [1.165, 1.54) is 78.7 Å². The standard InChI is InChI=1S/C48H35NS2/c1-3-18-36(19-4-1)51(37-20-5-2-6-21-37,38-22-13-16-34(32-38)40-27-15-28-44-43-26-9-12-31-47(43)50-48(40)44)39-23-14-17-35(33-39)49-45-29-10-7-24-41(45)42-25-8-11-30-46(42)49/h1-8,10-25,27-33H,9,26H2. The Hall–Kier alpha value is -5.61. The number of aryl methyl sites for hydroxylation is 1. The van der Waals surface area contributed by atoms with E-state index in [-0.39, 0.29) is 0 Å². The first kappa shape index (κ1) is 30.2.